The van der Waals surface area contributed by atoms with Crippen molar-refractivity contribution in [3.05, 3.63) is 34.3 Å². The van der Waals surface area contributed by atoms with Crippen molar-refractivity contribution >= 4 is 15.9 Å². The number of benzene rings is 1. The van der Waals surface area contributed by atoms with Gasteiger partial charge in [0.15, 0.2) is 0 Å². The van der Waals surface area contributed by atoms with E-state index in [0.29, 0.717) is 32.5 Å². The normalized spacial score (nSPS) is 20.1. The molecule has 0 amide bonds. The van der Waals surface area contributed by atoms with Gasteiger partial charge in [-0.1, -0.05) is 28.1 Å². The number of ether oxygens (including phenoxy) is 1. The Hall–Kier alpha value is -0.410. The van der Waals surface area contributed by atoms with E-state index in [1.54, 1.807) is 0 Å². The summed E-state index contributed by atoms with van der Waals surface area (Å²) in [6.45, 7) is 1.10. The van der Waals surface area contributed by atoms with Crippen LogP contribution in [-0.2, 0) is 11.2 Å². The van der Waals surface area contributed by atoms with Crippen molar-refractivity contribution in [3.63, 3.8) is 0 Å². The van der Waals surface area contributed by atoms with Crippen LogP contribution in [0.1, 0.15) is 18.4 Å². The third-order valence-electron chi connectivity index (χ3n) is 2.82. The fourth-order valence-electron chi connectivity index (χ4n) is 1.88. The molecule has 0 spiro atoms. The molecule has 0 aliphatic carbocycles. The van der Waals surface area contributed by atoms with Crippen molar-refractivity contribution in [1.82, 2.24) is 0 Å². The lowest BCUT2D eigenvalue weighted by Gasteiger charge is -2.29. The Morgan fingerprint density at radius 1 is 1.20 bits per heavy atom. The van der Waals surface area contributed by atoms with Crippen molar-refractivity contribution < 1.29 is 9.13 Å². The van der Waals surface area contributed by atoms with Gasteiger partial charge in [-0.05, 0) is 17.7 Å². The van der Waals surface area contributed by atoms with E-state index in [2.05, 4.69) is 15.9 Å². The van der Waals surface area contributed by atoms with Gasteiger partial charge in [-0.25, -0.2) is 4.39 Å². The maximum absolute atomic E-state index is 14.3. The van der Waals surface area contributed by atoms with Crippen molar-refractivity contribution in [2.75, 3.05) is 13.2 Å². The monoisotopic (exact) mass is 272 g/mol. The van der Waals surface area contributed by atoms with Gasteiger partial charge in [0.05, 0.1) is 0 Å². The Kier molecular flexibility index (Phi) is 3.42. The van der Waals surface area contributed by atoms with Crippen LogP contribution in [0.5, 0.6) is 0 Å². The van der Waals surface area contributed by atoms with Crippen molar-refractivity contribution in [2.24, 2.45) is 0 Å². The molecule has 1 nitrogen and oxygen atoms in total. The van der Waals surface area contributed by atoms with Gasteiger partial charge in [0, 0.05) is 36.9 Å². The minimum Gasteiger partial charge on any atom is -0.381 e. The molecular formula is C12H14BrFO. The zero-order valence-electron chi connectivity index (χ0n) is 8.51. The highest BCUT2D eigenvalue weighted by atomic mass is 79.9. The van der Waals surface area contributed by atoms with E-state index in [9.17, 15) is 4.39 Å². The summed E-state index contributed by atoms with van der Waals surface area (Å²) in [6, 6.07) is 7.86. The molecule has 1 aliphatic rings. The van der Waals surface area contributed by atoms with E-state index < -0.39 is 5.67 Å². The highest BCUT2D eigenvalue weighted by Gasteiger charge is 2.32. The Morgan fingerprint density at radius 2 is 1.80 bits per heavy atom. The predicted octanol–water partition coefficient (Wildman–Crippen LogP) is 3.51. The molecule has 1 aliphatic heterocycles. The quantitative estimate of drug-likeness (QED) is 0.801. The first-order valence-electron chi connectivity index (χ1n) is 5.19. The molecule has 0 bridgehead atoms. The van der Waals surface area contributed by atoms with Crippen LogP contribution in [0.3, 0.4) is 0 Å². The molecular weight excluding hydrogens is 259 g/mol. The van der Waals surface area contributed by atoms with Gasteiger partial charge >= 0.3 is 0 Å². The molecule has 1 fully saturated rings. The van der Waals surface area contributed by atoms with Gasteiger partial charge in [0.2, 0.25) is 0 Å². The van der Waals surface area contributed by atoms with Crippen LogP contribution < -0.4 is 0 Å². The van der Waals surface area contributed by atoms with Crippen LogP contribution in [0.15, 0.2) is 28.7 Å². The van der Waals surface area contributed by atoms with Gasteiger partial charge < -0.3 is 4.74 Å². The Labute approximate surface area is 97.8 Å². The molecule has 0 saturated carbocycles. The molecule has 2 rings (SSSR count). The molecule has 1 aromatic rings. The zero-order valence-corrected chi connectivity index (χ0v) is 10.1. The summed E-state index contributed by atoms with van der Waals surface area (Å²) < 4.78 is 20.5. The molecule has 1 heterocycles. The SMILES string of the molecule is FC1(Cc2ccc(Br)cc2)CCOCC1. The first-order chi connectivity index (χ1) is 7.18. The molecule has 3 heteroatoms. The standard InChI is InChI=1S/C12H14BrFO/c13-11-3-1-10(2-4-11)9-12(14)5-7-15-8-6-12/h1-4H,5-9H2. The number of alkyl halides is 1. The Morgan fingerprint density at radius 3 is 2.40 bits per heavy atom. The summed E-state index contributed by atoms with van der Waals surface area (Å²) >= 11 is 3.37. The summed E-state index contributed by atoms with van der Waals surface area (Å²) in [5, 5.41) is 0. The van der Waals surface area contributed by atoms with Gasteiger partial charge in [0.25, 0.3) is 0 Å². The van der Waals surface area contributed by atoms with Crippen LogP contribution in [-0.4, -0.2) is 18.9 Å². The second-order valence-electron chi connectivity index (χ2n) is 4.07. The average molecular weight is 273 g/mol. The van der Waals surface area contributed by atoms with Crippen molar-refractivity contribution in [1.29, 1.82) is 0 Å². The highest BCUT2D eigenvalue weighted by Crippen LogP contribution is 2.29. The molecule has 1 saturated heterocycles. The van der Waals surface area contributed by atoms with E-state index in [4.69, 9.17) is 4.74 Å². The minimum atomic E-state index is -1.06. The van der Waals surface area contributed by atoms with E-state index in [-0.39, 0.29) is 0 Å². The largest absolute Gasteiger partial charge is 0.381 e. The average Bonchev–Trinajstić information content (AvgIpc) is 2.22. The molecule has 0 aromatic heterocycles. The number of rotatable bonds is 2. The smallest absolute Gasteiger partial charge is 0.119 e. The lowest BCUT2D eigenvalue weighted by atomic mass is 9.89. The molecule has 0 atom stereocenters. The summed E-state index contributed by atoms with van der Waals surface area (Å²) in [6.07, 6.45) is 1.54. The zero-order chi connectivity index (χ0) is 10.7. The first-order valence-corrected chi connectivity index (χ1v) is 5.98. The van der Waals surface area contributed by atoms with E-state index >= 15 is 0 Å². The fraction of sp³-hybridized carbons (Fsp3) is 0.500. The summed E-state index contributed by atoms with van der Waals surface area (Å²) in [5.41, 5.74) is -0.00545. The van der Waals surface area contributed by atoms with Gasteiger partial charge in [-0.15, -0.1) is 0 Å². The lowest BCUT2D eigenvalue weighted by molar-refractivity contribution is -0.00815. The maximum atomic E-state index is 14.3. The summed E-state index contributed by atoms with van der Waals surface area (Å²) in [5.74, 6) is 0. The molecule has 15 heavy (non-hydrogen) atoms. The number of hydrogen-bond donors (Lipinski definition) is 0. The van der Waals surface area contributed by atoms with Gasteiger partial charge in [0.1, 0.15) is 5.67 Å². The second kappa shape index (κ2) is 4.62. The Balaban J connectivity index is 2.03. The van der Waals surface area contributed by atoms with E-state index in [0.717, 1.165) is 10.0 Å². The first kappa shape index (κ1) is 11.1. The van der Waals surface area contributed by atoms with Crippen molar-refractivity contribution in [3.8, 4) is 0 Å². The van der Waals surface area contributed by atoms with E-state index in [1.807, 2.05) is 24.3 Å². The van der Waals surface area contributed by atoms with Crippen LogP contribution in [0, 0.1) is 0 Å². The van der Waals surface area contributed by atoms with Crippen LogP contribution >= 0.6 is 15.9 Å². The number of halogens is 2. The second-order valence-corrected chi connectivity index (χ2v) is 4.98. The summed E-state index contributed by atoms with van der Waals surface area (Å²) in [7, 11) is 0. The van der Waals surface area contributed by atoms with Crippen LogP contribution in [0.4, 0.5) is 4.39 Å². The van der Waals surface area contributed by atoms with Crippen molar-refractivity contribution in [2.45, 2.75) is 24.9 Å². The van der Waals surface area contributed by atoms with Gasteiger partial charge in [-0.3, -0.25) is 0 Å². The lowest BCUT2D eigenvalue weighted by Crippen LogP contribution is -2.33. The third kappa shape index (κ3) is 3.02. The van der Waals surface area contributed by atoms with Crippen LogP contribution in [0.25, 0.3) is 0 Å². The maximum Gasteiger partial charge on any atom is 0.119 e. The number of hydrogen-bond acceptors (Lipinski definition) is 1. The van der Waals surface area contributed by atoms with Crippen LogP contribution in [0.2, 0.25) is 0 Å². The molecule has 82 valence electrons. The summed E-state index contributed by atoms with van der Waals surface area (Å²) in [4.78, 5) is 0. The molecule has 0 unspecified atom stereocenters. The highest BCUT2D eigenvalue weighted by molar-refractivity contribution is 9.10. The molecule has 1 aromatic carbocycles. The van der Waals surface area contributed by atoms with E-state index in [1.165, 1.54) is 0 Å². The fourth-order valence-corrected chi connectivity index (χ4v) is 2.15. The molecule has 0 radical (unpaired) electrons. The predicted molar refractivity (Wildman–Crippen MR) is 61.7 cm³/mol. The third-order valence-corrected chi connectivity index (χ3v) is 3.35. The topological polar surface area (TPSA) is 9.23 Å². The molecule has 0 N–H and O–H groups in total. The Bertz CT molecular complexity index is 317. The van der Waals surface area contributed by atoms with Gasteiger partial charge in [-0.2, -0.15) is 0 Å². The minimum absolute atomic E-state index is 0.504.